The summed E-state index contributed by atoms with van der Waals surface area (Å²) in [5.41, 5.74) is 2.99. The fraction of sp³-hybridized carbons (Fsp3) is 0.300. The van der Waals surface area contributed by atoms with E-state index < -0.39 is 12.3 Å². The van der Waals surface area contributed by atoms with Crippen molar-refractivity contribution in [3.8, 4) is 16.9 Å². The van der Waals surface area contributed by atoms with Gasteiger partial charge < -0.3 is 9.72 Å². The molecule has 156 valence electrons. The zero-order valence-electron chi connectivity index (χ0n) is 16.1. The fourth-order valence-corrected chi connectivity index (χ4v) is 3.09. The predicted molar refractivity (Wildman–Crippen MR) is 104 cm³/mol. The van der Waals surface area contributed by atoms with Gasteiger partial charge in [-0.3, -0.25) is 0 Å². The molecule has 1 N–H and O–H groups in total. The predicted octanol–water partition coefficient (Wildman–Crippen LogP) is 4.63. The van der Waals surface area contributed by atoms with Gasteiger partial charge in [-0.1, -0.05) is 19.4 Å². The van der Waals surface area contributed by atoms with Gasteiger partial charge in [-0.2, -0.15) is 18.3 Å². The lowest BCUT2D eigenvalue weighted by atomic mass is 10.1. The Morgan fingerprint density at radius 1 is 1.13 bits per heavy atom. The van der Waals surface area contributed by atoms with Crippen LogP contribution in [0.15, 0.2) is 49.3 Å². The third-order valence-electron chi connectivity index (χ3n) is 4.61. The van der Waals surface area contributed by atoms with Crippen molar-refractivity contribution in [1.82, 2.24) is 29.7 Å². The van der Waals surface area contributed by atoms with Crippen molar-refractivity contribution in [1.29, 1.82) is 0 Å². The van der Waals surface area contributed by atoms with Crippen molar-refractivity contribution in [3.05, 3.63) is 54.9 Å². The van der Waals surface area contributed by atoms with E-state index in [1.54, 1.807) is 24.9 Å². The number of hydrogen-bond acceptors (Lipinski definition) is 5. The summed E-state index contributed by atoms with van der Waals surface area (Å²) in [6, 6.07) is 4.69. The highest BCUT2D eigenvalue weighted by molar-refractivity contribution is 5.88. The lowest BCUT2D eigenvalue weighted by Gasteiger charge is -2.21. The van der Waals surface area contributed by atoms with Crippen LogP contribution in [0.2, 0.25) is 0 Å². The van der Waals surface area contributed by atoms with Crippen molar-refractivity contribution in [2.24, 2.45) is 0 Å². The number of aromatic nitrogens is 6. The van der Waals surface area contributed by atoms with Gasteiger partial charge in [0.25, 0.3) is 0 Å². The molecule has 0 fully saturated rings. The molecule has 4 aromatic heterocycles. The summed E-state index contributed by atoms with van der Waals surface area (Å²) >= 11 is 0. The van der Waals surface area contributed by atoms with Gasteiger partial charge in [-0.05, 0) is 18.6 Å². The van der Waals surface area contributed by atoms with Crippen LogP contribution < -0.4 is 0 Å². The number of halogens is 3. The first kappa shape index (κ1) is 20.0. The minimum absolute atomic E-state index is 0.0389. The SMILES string of the molecule is CCCCOC(c1ccc(-n2cc(-c3ccnc4nc[nH]c34)cn2)nc1)C(F)(F)F. The summed E-state index contributed by atoms with van der Waals surface area (Å²) in [4.78, 5) is 15.5. The fourth-order valence-electron chi connectivity index (χ4n) is 3.09. The zero-order valence-corrected chi connectivity index (χ0v) is 16.1. The molecular weight excluding hydrogens is 397 g/mol. The van der Waals surface area contributed by atoms with Gasteiger partial charge in [-0.25, -0.2) is 19.6 Å². The van der Waals surface area contributed by atoms with Crippen molar-refractivity contribution in [2.75, 3.05) is 6.61 Å². The quantitative estimate of drug-likeness (QED) is 0.445. The molecule has 0 saturated heterocycles. The Bertz CT molecular complexity index is 1120. The molecule has 0 aliphatic heterocycles. The molecule has 1 unspecified atom stereocenters. The number of unbranched alkanes of at least 4 members (excludes halogenated alkanes) is 1. The van der Waals surface area contributed by atoms with E-state index in [-0.39, 0.29) is 12.2 Å². The summed E-state index contributed by atoms with van der Waals surface area (Å²) in [7, 11) is 0. The topological polar surface area (TPSA) is 81.5 Å². The van der Waals surface area contributed by atoms with E-state index in [9.17, 15) is 13.2 Å². The maximum absolute atomic E-state index is 13.4. The maximum atomic E-state index is 13.4. The summed E-state index contributed by atoms with van der Waals surface area (Å²) in [6.45, 7) is 1.93. The number of nitrogens with zero attached hydrogens (tertiary/aromatic N) is 5. The molecule has 0 spiro atoms. The molecule has 0 bridgehead atoms. The van der Waals surface area contributed by atoms with Gasteiger partial charge in [0.05, 0.1) is 18.0 Å². The first-order valence-electron chi connectivity index (χ1n) is 9.45. The van der Waals surface area contributed by atoms with Crippen LogP contribution in [-0.4, -0.2) is 42.5 Å². The first-order chi connectivity index (χ1) is 14.5. The van der Waals surface area contributed by atoms with Crippen LogP contribution in [0.25, 0.3) is 28.1 Å². The van der Waals surface area contributed by atoms with E-state index in [4.69, 9.17) is 4.74 Å². The molecule has 0 aliphatic carbocycles. The Kier molecular flexibility index (Phi) is 5.49. The van der Waals surface area contributed by atoms with Crippen LogP contribution >= 0.6 is 0 Å². The Hall–Kier alpha value is -3.27. The number of rotatable bonds is 7. The van der Waals surface area contributed by atoms with E-state index >= 15 is 0 Å². The maximum Gasteiger partial charge on any atom is 0.418 e. The van der Waals surface area contributed by atoms with E-state index in [2.05, 4.69) is 25.0 Å². The van der Waals surface area contributed by atoms with Gasteiger partial charge in [0.1, 0.15) is 0 Å². The number of imidazole rings is 1. The number of aromatic amines is 1. The molecule has 0 radical (unpaired) electrons. The monoisotopic (exact) mass is 416 g/mol. The lowest BCUT2D eigenvalue weighted by Crippen LogP contribution is -2.24. The van der Waals surface area contributed by atoms with Gasteiger partial charge in [0, 0.05) is 41.9 Å². The standard InChI is InChI=1S/C20H19F3N6O/c1-2-3-8-30-18(20(21,22)23)13-4-5-16(25-9-13)29-11-14(10-28-29)15-6-7-24-19-17(15)26-12-27-19/h4-7,9-12,18H,2-3,8H2,1H3,(H,24,26,27). The molecule has 4 heterocycles. The van der Waals surface area contributed by atoms with Crippen molar-refractivity contribution in [2.45, 2.75) is 32.0 Å². The molecule has 0 aliphatic rings. The molecule has 0 amide bonds. The van der Waals surface area contributed by atoms with Gasteiger partial charge in [0.2, 0.25) is 0 Å². The number of H-pyrrole nitrogens is 1. The molecule has 4 rings (SSSR count). The zero-order chi connectivity index (χ0) is 21.1. The lowest BCUT2D eigenvalue weighted by molar-refractivity contribution is -0.224. The third-order valence-corrected chi connectivity index (χ3v) is 4.61. The number of ether oxygens (including phenoxy) is 1. The Labute approximate surface area is 170 Å². The molecule has 7 nitrogen and oxygen atoms in total. The van der Waals surface area contributed by atoms with Crippen molar-refractivity contribution >= 4 is 11.2 Å². The highest BCUT2D eigenvalue weighted by Crippen LogP contribution is 2.36. The number of nitrogens with one attached hydrogen (secondary N) is 1. The number of hydrogen-bond donors (Lipinski definition) is 1. The molecule has 30 heavy (non-hydrogen) atoms. The minimum Gasteiger partial charge on any atom is -0.364 e. The van der Waals surface area contributed by atoms with Crippen LogP contribution in [0, 0.1) is 0 Å². The van der Waals surface area contributed by atoms with E-state index in [1.165, 1.54) is 23.0 Å². The highest BCUT2D eigenvalue weighted by atomic mass is 19.4. The molecule has 0 aromatic carbocycles. The molecule has 0 saturated carbocycles. The number of fused-ring (bicyclic) bond motifs is 1. The molecular formula is C20H19F3N6O. The average molecular weight is 416 g/mol. The largest absolute Gasteiger partial charge is 0.418 e. The van der Waals surface area contributed by atoms with Gasteiger partial charge >= 0.3 is 6.18 Å². The normalized spacial score (nSPS) is 13.1. The minimum atomic E-state index is -4.51. The van der Waals surface area contributed by atoms with E-state index in [0.717, 1.165) is 23.1 Å². The van der Waals surface area contributed by atoms with E-state index in [1.807, 2.05) is 13.0 Å². The molecule has 10 heteroatoms. The Morgan fingerprint density at radius 2 is 2.00 bits per heavy atom. The average Bonchev–Trinajstić information content (AvgIpc) is 3.40. The van der Waals surface area contributed by atoms with Crippen molar-refractivity contribution in [3.63, 3.8) is 0 Å². The van der Waals surface area contributed by atoms with Crippen LogP contribution in [-0.2, 0) is 4.74 Å². The summed E-state index contributed by atoms with van der Waals surface area (Å²) < 4.78 is 46.7. The van der Waals surface area contributed by atoms with Crippen LogP contribution in [0.5, 0.6) is 0 Å². The van der Waals surface area contributed by atoms with Crippen LogP contribution in [0.1, 0.15) is 31.4 Å². The Balaban J connectivity index is 1.58. The number of alkyl halides is 3. The van der Waals surface area contributed by atoms with Crippen LogP contribution in [0.4, 0.5) is 13.2 Å². The molecule has 1 atom stereocenters. The van der Waals surface area contributed by atoms with Crippen LogP contribution in [0.3, 0.4) is 0 Å². The second-order valence-electron chi connectivity index (χ2n) is 6.73. The van der Waals surface area contributed by atoms with Gasteiger partial charge in [0.15, 0.2) is 17.6 Å². The summed E-state index contributed by atoms with van der Waals surface area (Å²) in [5.74, 6) is 0.398. The second kappa shape index (κ2) is 8.23. The second-order valence-corrected chi connectivity index (χ2v) is 6.73. The third kappa shape index (κ3) is 4.04. The highest BCUT2D eigenvalue weighted by Gasteiger charge is 2.42. The van der Waals surface area contributed by atoms with Gasteiger partial charge in [-0.15, -0.1) is 0 Å². The summed E-state index contributed by atoms with van der Waals surface area (Å²) in [6.07, 6.45) is 2.60. The summed E-state index contributed by atoms with van der Waals surface area (Å²) in [5, 5.41) is 4.28. The Morgan fingerprint density at radius 3 is 2.73 bits per heavy atom. The van der Waals surface area contributed by atoms with E-state index in [0.29, 0.717) is 17.9 Å². The van der Waals surface area contributed by atoms with Crippen molar-refractivity contribution < 1.29 is 17.9 Å². The first-order valence-corrected chi connectivity index (χ1v) is 9.45. The number of pyridine rings is 2. The smallest absolute Gasteiger partial charge is 0.364 e. The molecule has 4 aromatic rings.